The van der Waals surface area contributed by atoms with E-state index >= 15 is 0 Å². The molecule has 0 amide bonds. The Kier molecular flexibility index (Phi) is 3.76. The molecule has 6 heteroatoms. The third-order valence-corrected chi connectivity index (χ3v) is 3.08. The Morgan fingerprint density at radius 3 is 2.71 bits per heavy atom. The molecule has 1 aromatic heterocycles. The minimum Gasteiger partial charge on any atom is -0.367 e. The average Bonchev–Trinajstić information content (AvgIpc) is 2.27. The first kappa shape index (κ1) is 12.9. The predicted octanol–water partition coefficient (Wildman–Crippen LogP) is 2.35. The van der Waals surface area contributed by atoms with Crippen molar-refractivity contribution in [1.82, 2.24) is 9.97 Å². The lowest BCUT2D eigenvalue weighted by Crippen LogP contribution is -2.54. The molecule has 2 rings (SSSR count). The third-order valence-electron chi connectivity index (χ3n) is 2.54. The zero-order valence-electron chi connectivity index (χ0n) is 9.86. The molecule has 0 spiro atoms. The van der Waals surface area contributed by atoms with E-state index in [9.17, 15) is 0 Å². The maximum Gasteiger partial charge on any atom is 0.225 e. The van der Waals surface area contributed by atoms with Crippen molar-refractivity contribution in [3.63, 3.8) is 0 Å². The van der Waals surface area contributed by atoms with Gasteiger partial charge in [0.25, 0.3) is 0 Å². The molecular formula is C11H15Cl2N3O. The van der Waals surface area contributed by atoms with Crippen molar-refractivity contribution in [1.29, 1.82) is 0 Å². The topological polar surface area (TPSA) is 38.2 Å². The molecule has 94 valence electrons. The Labute approximate surface area is 111 Å². The quantitative estimate of drug-likeness (QED) is 0.777. The molecule has 1 atom stereocenters. The second-order valence-electron chi connectivity index (χ2n) is 4.74. The Bertz CT molecular complexity index is 383. The number of anilines is 1. The van der Waals surface area contributed by atoms with Gasteiger partial charge in [0.05, 0.1) is 35.0 Å². The van der Waals surface area contributed by atoms with E-state index in [-0.39, 0.29) is 11.7 Å². The Hall–Kier alpha value is -0.580. The number of hydrogen-bond donors (Lipinski definition) is 0. The van der Waals surface area contributed by atoms with Crippen molar-refractivity contribution in [2.45, 2.75) is 25.6 Å². The van der Waals surface area contributed by atoms with E-state index in [4.69, 9.17) is 27.9 Å². The van der Waals surface area contributed by atoms with Gasteiger partial charge in [-0.2, -0.15) is 0 Å². The summed E-state index contributed by atoms with van der Waals surface area (Å²) < 4.78 is 5.84. The summed E-state index contributed by atoms with van der Waals surface area (Å²) in [6.45, 7) is 5.51. The summed E-state index contributed by atoms with van der Waals surface area (Å²) in [7, 11) is 0. The minimum absolute atomic E-state index is 0.000283. The van der Waals surface area contributed by atoms with Crippen LogP contribution in [0.2, 0.25) is 5.02 Å². The summed E-state index contributed by atoms with van der Waals surface area (Å²) in [5.74, 6) is 1.13. The van der Waals surface area contributed by atoms with Gasteiger partial charge in [-0.15, -0.1) is 11.6 Å². The van der Waals surface area contributed by atoms with Gasteiger partial charge in [0.1, 0.15) is 0 Å². The number of halogens is 2. The van der Waals surface area contributed by atoms with Gasteiger partial charge in [-0.1, -0.05) is 11.6 Å². The molecule has 0 radical (unpaired) electrons. The van der Waals surface area contributed by atoms with Crippen LogP contribution < -0.4 is 4.90 Å². The second-order valence-corrected chi connectivity index (χ2v) is 5.48. The predicted molar refractivity (Wildman–Crippen MR) is 68.9 cm³/mol. The van der Waals surface area contributed by atoms with Gasteiger partial charge in [0, 0.05) is 13.1 Å². The normalized spacial score (nSPS) is 23.8. The van der Waals surface area contributed by atoms with Gasteiger partial charge in [-0.3, -0.25) is 0 Å². The van der Waals surface area contributed by atoms with E-state index in [1.165, 1.54) is 0 Å². The first-order valence-electron chi connectivity index (χ1n) is 5.46. The minimum atomic E-state index is -0.249. The smallest absolute Gasteiger partial charge is 0.225 e. The van der Waals surface area contributed by atoms with Gasteiger partial charge in [0.2, 0.25) is 5.95 Å². The molecule has 17 heavy (non-hydrogen) atoms. The van der Waals surface area contributed by atoms with E-state index in [1.807, 2.05) is 13.8 Å². The van der Waals surface area contributed by atoms with Gasteiger partial charge < -0.3 is 9.64 Å². The maximum atomic E-state index is 5.87. The standard InChI is InChI=1S/C11H15Cl2N3O/c1-11(2)7-16(6-9(3-12)17-11)10-14-4-8(13)5-15-10/h4-5,9H,3,6-7H2,1-2H3. The van der Waals surface area contributed by atoms with E-state index in [0.717, 1.165) is 6.54 Å². The van der Waals surface area contributed by atoms with Crippen molar-refractivity contribution in [3.05, 3.63) is 17.4 Å². The zero-order chi connectivity index (χ0) is 12.5. The molecular weight excluding hydrogens is 261 g/mol. The van der Waals surface area contributed by atoms with E-state index in [1.54, 1.807) is 12.4 Å². The van der Waals surface area contributed by atoms with Crippen molar-refractivity contribution in [2.75, 3.05) is 23.9 Å². The molecule has 1 aliphatic heterocycles. The van der Waals surface area contributed by atoms with Crippen LogP contribution in [0.1, 0.15) is 13.8 Å². The lowest BCUT2D eigenvalue weighted by Gasteiger charge is -2.42. The van der Waals surface area contributed by atoms with Gasteiger partial charge >= 0.3 is 0 Å². The molecule has 1 aromatic rings. The number of morpholine rings is 1. The fourth-order valence-electron chi connectivity index (χ4n) is 2.00. The molecule has 0 aromatic carbocycles. The molecule has 4 nitrogen and oxygen atoms in total. The molecule has 0 N–H and O–H groups in total. The van der Waals surface area contributed by atoms with Crippen LogP contribution in [0.15, 0.2) is 12.4 Å². The van der Waals surface area contributed by atoms with Crippen LogP contribution in [0.25, 0.3) is 0 Å². The lowest BCUT2D eigenvalue weighted by atomic mass is 10.1. The molecule has 2 heterocycles. The number of hydrogen-bond acceptors (Lipinski definition) is 4. The van der Waals surface area contributed by atoms with Crippen LogP contribution in [-0.2, 0) is 4.74 Å². The highest BCUT2D eigenvalue weighted by molar-refractivity contribution is 6.30. The van der Waals surface area contributed by atoms with Crippen LogP contribution in [-0.4, -0.2) is 40.6 Å². The summed E-state index contributed by atoms with van der Waals surface area (Å²) in [6.07, 6.45) is 3.20. The maximum absolute atomic E-state index is 5.87. The molecule has 0 bridgehead atoms. The number of ether oxygens (including phenoxy) is 1. The largest absolute Gasteiger partial charge is 0.367 e. The van der Waals surface area contributed by atoms with Crippen molar-refractivity contribution < 1.29 is 4.74 Å². The fourth-order valence-corrected chi connectivity index (χ4v) is 2.26. The summed E-state index contributed by atoms with van der Waals surface area (Å²) in [6, 6.07) is 0. The van der Waals surface area contributed by atoms with Gasteiger partial charge in [-0.25, -0.2) is 9.97 Å². The van der Waals surface area contributed by atoms with Crippen LogP contribution >= 0.6 is 23.2 Å². The van der Waals surface area contributed by atoms with Gasteiger partial charge in [-0.05, 0) is 13.8 Å². The third kappa shape index (κ3) is 3.21. The summed E-state index contributed by atoms with van der Waals surface area (Å²) in [5, 5.41) is 0.537. The van der Waals surface area contributed by atoms with Gasteiger partial charge in [0.15, 0.2) is 0 Å². The highest BCUT2D eigenvalue weighted by Crippen LogP contribution is 2.24. The van der Waals surface area contributed by atoms with Crippen LogP contribution in [0.4, 0.5) is 5.95 Å². The van der Waals surface area contributed by atoms with Crippen molar-refractivity contribution in [2.24, 2.45) is 0 Å². The zero-order valence-corrected chi connectivity index (χ0v) is 11.4. The second kappa shape index (κ2) is 4.96. The number of nitrogens with zero attached hydrogens (tertiary/aromatic N) is 3. The summed E-state index contributed by atoms with van der Waals surface area (Å²) in [5.41, 5.74) is -0.249. The number of rotatable bonds is 2. The first-order valence-corrected chi connectivity index (χ1v) is 6.38. The highest BCUT2D eigenvalue weighted by atomic mass is 35.5. The van der Waals surface area contributed by atoms with Crippen LogP contribution in [0.3, 0.4) is 0 Å². The average molecular weight is 276 g/mol. The Morgan fingerprint density at radius 1 is 1.47 bits per heavy atom. The van der Waals surface area contributed by atoms with E-state index in [2.05, 4.69) is 14.9 Å². The summed E-state index contributed by atoms with van der Waals surface area (Å²) >= 11 is 11.6. The molecule has 0 aliphatic carbocycles. The Morgan fingerprint density at radius 2 is 2.12 bits per heavy atom. The molecule has 1 fully saturated rings. The monoisotopic (exact) mass is 275 g/mol. The van der Waals surface area contributed by atoms with Crippen molar-refractivity contribution >= 4 is 29.2 Å². The SMILES string of the molecule is CC1(C)CN(c2ncc(Cl)cn2)CC(CCl)O1. The van der Waals surface area contributed by atoms with E-state index < -0.39 is 0 Å². The first-order chi connectivity index (χ1) is 8.00. The highest BCUT2D eigenvalue weighted by Gasteiger charge is 2.34. The van der Waals surface area contributed by atoms with Crippen LogP contribution in [0, 0.1) is 0 Å². The molecule has 1 aliphatic rings. The molecule has 1 unspecified atom stereocenters. The fraction of sp³-hybridized carbons (Fsp3) is 0.636. The summed E-state index contributed by atoms with van der Waals surface area (Å²) in [4.78, 5) is 10.5. The van der Waals surface area contributed by atoms with Crippen molar-refractivity contribution in [3.8, 4) is 0 Å². The lowest BCUT2D eigenvalue weighted by molar-refractivity contribution is -0.0738. The van der Waals surface area contributed by atoms with E-state index in [0.29, 0.717) is 23.4 Å². The van der Waals surface area contributed by atoms with Crippen LogP contribution in [0.5, 0.6) is 0 Å². The number of alkyl halides is 1. The molecule has 1 saturated heterocycles. The molecule has 0 saturated carbocycles. The Balaban J connectivity index is 2.17. The number of aromatic nitrogens is 2.